The van der Waals surface area contributed by atoms with E-state index in [0.29, 0.717) is 11.8 Å². The highest BCUT2D eigenvalue weighted by atomic mass is 19.3. The molecular weight excluding hydrogens is 310 g/mol. The number of nitrogens with two attached hydrogens (primary N) is 1. The van der Waals surface area contributed by atoms with E-state index in [1.807, 2.05) is 0 Å². The van der Waals surface area contributed by atoms with Crippen LogP contribution in [-0.2, 0) is 11.2 Å². The predicted molar refractivity (Wildman–Crippen MR) is 89.8 cm³/mol. The van der Waals surface area contributed by atoms with Gasteiger partial charge in [0.25, 0.3) is 6.43 Å². The van der Waals surface area contributed by atoms with Crippen LogP contribution in [0, 0.1) is 5.41 Å². The molecule has 2 fully saturated rings. The molecule has 0 saturated heterocycles. The fourth-order valence-electron chi connectivity index (χ4n) is 4.01. The molecule has 1 unspecified atom stereocenters. The van der Waals surface area contributed by atoms with Gasteiger partial charge in [-0.1, -0.05) is 30.7 Å². The Morgan fingerprint density at radius 3 is 2.29 bits per heavy atom. The summed E-state index contributed by atoms with van der Waals surface area (Å²) in [6, 6.07) is 5.62. The Morgan fingerprint density at radius 1 is 1.17 bits per heavy atom. The van der Waals surface area contributed by atoms with Crippen molar-refractivity contribution in [3.05, 3.63) is 35.4 Å². The van der Waals surface area contributed by atoms with E-state index in [4.69, 9.17) is 5.73 Å². The Bertz CT molecular complexity index is 559. The maximum absolute atomic E-state index is 12.5. The molecule has 1 spiro atoms. The van der Waals surface area contributed by atoms with Crippen LogP contribution in [0.4, 0.5) is 8.78 Å². The largest absolute Gasteiger partial charge is 0.352 e. The van der Waals surface area contributed by atoms with Crippen molar-refractivity contribution in [2.45, 2.75) is 69.9 Å². The number of carbonyl (C=O) groups is 1. The summed E-state index contributed by atoms with van der Waals surface area (Å²) in [6.07, 6.45) is 6.46. The number of carbonyl (C=O) groups excluding carboxylic acids is 1. The number of benzene rings is 1. The van der Waals surface area contributed by atoms with Gasteiger partial charge in [-0.2, -0.15) is 0 Å². The Kier molecular flexibility index (Phi) is 5.18. The topological polar surface area (TPSA) is 55.1 Å². The second-order valence-corrected chi connectivity index (χ2v) is 7.49. The van der Waals surface area contributed by atoms with Crippen molar-refractivity contribution in [1.29, 1.82) is 0 Å². The van der Waals surface area contributed by atoms with Crippen LogP contribution < -0.4 is 11.1 Å². The van der Waals surface area contributed by atoms with Gasteiger partial charge < -0.3 is 11.1 Å². The van der Waals surface area contributed by atoms with Crippen molar-refractivity contribution in [3.8, 4) is 0 Å². The summed E-state index contributed by atoms with van der Waals surface area (Å²) in [4.78, 5) is 12.3. The number of rotatable bonds is 5. The van der Waals surface area contributed by atoms with Crippen LogP contribution in [0.1, 0.15) is 62.5 Å². The number of hydrogen-bond donors (Lipinski definition) is 2. The Labute approximate surface area is 142 Å². The van der Waals surface area contributed by atoms with Gasteiger partial charge >= 0.3 is 0 Å². The third kappa shape index (κ3) is 3.94. The molecule has 1 amide bonds. The highest BCUT2D eigenvalue weighted by Crippen LogP contribution is 2.51. The average Bonchev–Trinajstić information content (AvgIpc) is 2.54. The predicted octanol–water partition coefficient (Wildman–Crippen LogP) is 3.72. The first-order valence-electron chi connectivity index (χ1n) is 8.90. The molecule has 2 aliphatic rings. The lowest BCUT2D eigenvalue weighted by Gasteiger charge is -2.47. The molecular formula is C19H26F2N2O. The lowest BCUT2D eigenvalue weighted by Crippen LogP contribution is -2.49. The minimum Gasteiger partial charge on any atom is -0.352 e. The molecule has 0 radical (unpaired) electrons. The molecule has 5 heteroatoms. The lowest BCUT2D eigenvalue weighted by molar-refractivity contribution is -0.123. The van der Waals surface area contributed by atoms with Crippen molar-refractivity contribution < 1.29 is 13.6 Å². The fourth-order valence-corrected chi connectivity index (χ4v) is 4.01. The van der Waals surface area contributed by atoms with Crippen LogP contribution in [0.15, 0.2) is 24.3 Å². The molecule has 0 aromatic heterocycles. The van der Waals surface area contributed by atoms with Crippen molar-refractivity contribution in [2.24, 2.45) is 11.1 Å². The summed E-state index contributed by atoms with van der Waals surface area (Å²) < 4.78 is 25.1. The third-order valence-electron chi connectivity index (χ3n) is 5.83. The van der Waals surface area contributed by atoms with Gasteiger partial charge in [-0.15, -0.1) is 0 Å². The molecule has 1 aromatic rings. The van der Waals surface area contributed by atoms with Crippen LogP contribution in [0.3, 0.4) is 0 Å². The van der Waals surface area contributed by atoms with Crippen LogP contribution in [0.5, 0.6) is 0 Å². The van der Waals surface area contributed by atoms with Crippen LogP contribution in [-0.4, -0.2) is 18.0 Å². The van der Waals surface area contributed by atoms with Crippen LogP contribution in [0.25, 0.3) is 0 Å². The zero-order chi connectivity index (χ0) is 17.2. The van der Waals surface area contributed by atoms with Gasteiger partial charge in [0.1, 0.15) is 0 Å². The number of amides is 1. The second-order valence-electron chi connectivity index (χ2n) is 7.49. The van der Waals surface area contributed by atoms with Crippen molar-refractivity contribution in [2.75, 3.05) is 0 Å². The standard InChI is InChI=1S/C19H26F2N2O/c20-17(21)14-4-2-13(3-5-14)12-16(22)18(24)23-15-6-10-19(11-7-15)8-1-9-19/h2-5,15-17H,1,6-12,22H2,(H,23,24). The summed E-state index contributed by atoms with van der Waals surface area (Å²) in [6.45, 7) is 0. The van der Waals surface area contributed by atoms with E-state index < -0.39 is 12.5 Å². The number of nitrogens with one attached hydrogen (secondary N) is 1. The van der Waals surface area contributed by atoms with Gasteiger partial charge in [-0.25, -0.2) is 8.78 Å². The first kappa shape index (κ1) is 17.3. The smallest absolute Gasteiger partial charge is 0.263 e. The van der Waals surface area contributed by atoms with Crippen molar-refractivity contribution in [1.82, 2.24) is 5.32 Å². The minimum atomic E-state index is -2.47. The van der Waals surface area contributed by atoms with Crippen molar-refractivity contribution >= 4 is 5.91 Å². The first-order chi connectivity index (χ1) is 11.5. The summed E-state index contributed by atoms with van der Waals surface area (Å²) in [5.74, 6) is -0.137. The van der Waals surface area contributed by atoms with Gasteiger partial charge in [-0.3, -0.25) is 4.79 Å². The zero-order valence-corrected chi connectivity index (χ0v) is 13.9. The molecule has 2 saturated carbocycles. The zero-order valence-electron chi connectivity index (χ0n) is 13.9. The molecule has 0 bridgehead atoms. The normalized spacial score (nSPS) is 21.5. The molecule has 1 aromatic carbocycles. The number of hydrogen-bond acceptors (Lipinski definition) is 2. The Morgan fingerprint density at radius 2 is 1.79 bits per heavy atom. The molecule has 2 aliphatic carbocycles. The lowest BCUT2D eigenvalue weighted by atomic mass is 9.60. The number of halogens is 2. The molecule has 3 nitrogen and oxygen atoms in total. The van der Waals surface area contributed by atoms with Crippen LogP contribution >= 0.6 is 0 Å². The van der Waals surface area contributed by atoms with E-state index in [1.165, 1.54) is 44.2 Å². The molecule has 3 N–H and O–H groups in total. The van der Waals surface area contributed by atoms with Gasteiger partial charge in [0.05, 0.1) is 6.04 Å². The molecule has 0 aliphatic heterocycles. The molecule has 1 atom stereocenters. The summed E-state index contributed by atoms with van der Waals surface area (Å²) in [5.41, 5.74) is 7.37. The maximum atomic E-state index is 12.5. The Hall–Kier alpha value is -1.49. The van der Waals surface area contributed by atoms with Gasteiger partial charge in [0.2, 0.25) is 5.91 Å². The summed E-state index contributed by atoms with van der Waals surface area (Å²) >= 11 is 0. The van der Waals surface area contributed by atoms with E-state index in [9.17, 15) is 13.6 Å². The average molecular weight is 336 g/mol. The summed E-state index contributed by atoms with van der Waals surface area (Å²) in [7, 11) is 0. The van der Waals surface area contributed by atoms with E-state index in [2.05, 4.69) is 5.32 Å². The van der Waals surface area contributed by atoms with Gasteiger partial charge in [-0.05, 0) is 55.9 Å². The molecule has 0 heterocycles. The molecule has 132 valence electrons. The van der Waals surface area contributed by atoms with Gasteiger partial charge in [0.15, 0.2) is 0 Å². The third-order valence-corrected chi connectivity index (χ3v) is 5.83. The van der Waals surface area contributed by atoms with Crippen LogP contribution in [0.2, 0.25) is 0 Å². The van der Waals surface area contributed by atoms with E-state index in [1.54, 1.807) is 12.1 Å². The quantitative estimate of drug-likeness (QED) is 0.861. The minimum absolute atomic E-state index is 0.0103. The Balaban J connectivity index is 1.46. The highest BCUT2D eigenvalue weighted by Gasteiger charge is 2.40. The SMILES string of the molecule is NC(Cc1ccc(C(F)F)cc1)C(=O)NC1CCC2(CCC2)CC1. The van der Waals surface area contributed by atoms with E-state index >= 15 is 0 Å². The first-order valence-corrected chi connectivity index (χ1v) is 8.90. The van der Waals surface area contributed by atoms with Crippen molar-refractivity contribution in [3.63, 3.8) is 0 Å². The summed E-state index contributed by atoms with van der Waals surface area (Å²) in [5, 5.41) is 3.07. The highest BCUT2D eigenvalue weighted by molar-refractivity contribution is 5.82. The maximum Gasteiger partial charge on any atom is 0.263 e. The molecule has 24 heavy (non-hydrogen) atoms. The monoisotopic (exact) mass is 336 g/mol. The van der Waals surface area contributed by atoms with Gasteiger partial charge in [0, 0.05) is 11.6 Å². The van der Waals surface area contributed by atoms with E-state index in [-0.39, 0.29) is 17.5 Å². The second kappa shape index (κ2) is 7.18. The fraction of sp³-hybridized carbons (Fsp3) is 0.632. The number of alkyl halides is 2. The molecule has 3 rings (SSSR count). The van der Waals surface area contributed by atoms with E-state index in [0.717, 1.165) is 18.4 Å².